The van der Waals surface area contributed by atoms with E-state index < -0.39 is 10.0 Å². The first-order valence-electron chi connectivity index (χ1n) is 6.72. The van der Waals surface area contributed by atoms with Crippen LogP contribution in [0.2, 0.25) is 10.0 Å². The predicted molar refractivity (Wildman–Crippen MR) is 84.0 cm³/mol. The number of aliphatic hydroxyl groups excluding tert-OH is 1. The average Bonchev–Trinajstić information content (AvgIpc) is 2.35. The minimum Gasteiger partial charge on any atom is -0.398 e. The number of aliphatic hydroxyl groups is 1. The lowest BCUT2D eigenvalue weighted by Gasteiger charge is -2.26. The Kier molecular flexibility index (Phi) is 5.38. The summed E-state index contributed by atoms with van der Waals surface area (Å²) in [6.45, 7) is 0.262. The predicted octanol–water partition coefficient (Wildman–Crippen LogP) is 2.41. The molecule has 1 aliphatic rings. The second-order valence-corrected chi connectivity index (χ2v) is 7.89. The van der Waals surface area contributed by atoms with Gasteiger partial charge in [0.25, 0.3) is 0 Å². The van der Waals surface area contributed by atoms with Gasteiger partial charge in [-0.25, -0.2) is 13.1 Å². The van der Waals surface area contributed by atoms with Gasteiger partial charge in [0.05, 0.1) is 16.8 Å². The molecule has 5 nitrogen and oxygen atoms in total. The van der Waals surface area contributed by atoms with E-state index in [0.29, 0.717) is 6.42 Å². The Balaban J connectivity index is 2.12. The van der Waals surface area contributed by atoms with Gasteiger partial charge in [0, 0.05) is 11.6 Å². The number of sulfonamides is 1. The van der Waals surface area contributed by atoms with E-state index in [1.165, 1.54) is 12.1 Å². The van der Waals surface area contributed by atoms with Crippen LogP contribution < -0.4 is 10.5 Å². The van der Waals surface area contributed by atoms with E-state index in [4.69, 9.17) is 28.9 Å². The minimum atomic E-state index is -3.80. The van der Waals surface area contributed by atoms with Gasteiger partial charge in [-0.1, -0.05) is 29.6 Å². The zero-order valence-electron chi connectivity index (χ0n) is 11.4. The zero-order chi connectivity index (χ0) is 15.6. The molecule has 0 aromatic heterocycles. The lowest BCUT2D eigenvalue weighted by molar-refractivity contribution is 0.102. The highest BCUT2D eigenvalue weighted by molar-refractivity contribution is 7.89. The van der Waals surface area contributed by atoms with Crippen molar-refractivity contribution in [2.75, 3.05) is 12.3 Å². The lowest BCUT2D eigenvalue weighted by atomic mass is 9.87. The number of halogens is 2. The standard InChI is InChI=1S/C13H18Cl2N2O3S/c14-9-5-11(15)13(12(16)6-9)21(19,20)17-7-8-2-1-3-10(18)4-8/h5-6,8,10,17-18H,1-4,7,16H2. The Bertz CT molecular complexity index is 599. The fourth-order valence-corrected chi connectivity index (χ4v) is 4.71. The van der Waals surface area contributed by atoms with E-state index in [1.807, 2.05) is 0 Å². The molecule has 4 N–H and O–H groups in total. The fraction of sp³-hybridized carbons (Fsp3) is 0.538. The van der Waals surface area contributed by atoms with Crippen LogP contribution in [0.3, 0.4) is 0 Å². The molecule has 0 aliphatic heterocycles. The van der Waals surface area contributed by atoms with Crippen molar-refractivity contribution < 1.29 is 13.5 Å². The van der Waals surface area contributed by atoms with E-state index >= 15 is 0 Å². The molecule has 1 fully saturated rings. The van der Waals surface area contributed by atoms with E-state index in [1.54, 1.807) is 0 Å². The summed E-state index contributed by atoms with van der Waals surface area (Å²) in [6.07, 6.45) is 2.82. The number of nitrogens with one attached hydrogen (secondary N) is 1. The second-order valence-electron chi connectivity index (χ2n) is 5.34. The van der Waals surface area contributed by atoms with Crippen molar-refractivity contribution >= 4 is 38.9 Å². The van der Waals surface area contributed by atoms with Gasteiger partial charge in [0.1, 0.15) is 4.90 Å². The molecule has 1 aromatic rings. The van der Waals surface area contributed by atoms with Crippen LogP contribution in [0.15, 0.2) is 17.0 Å². The van der Waals surface area contributed by atoms with Crippen LogP contribution in [0.25, 0.3) is 0 Å². The first kappa shape index (κ1) is 16.8. The normalized spacial score (nSPS) is 23.2. The molecule has 1 saturated carbocycles. The quantitative estimate of drug-likeness (QED) is 0.725. The molecule has 0 spiro atoms. The molecular formula is C13H18Cl2N2O3S. The summed E-state index contributed by atoms with van der Waals surface area (Å²) >= 11 is 11.7. The van der Waals surface area contributed by atoms with Crippen molar-refractivity contribution in [1.29, 1.82) is 0 Å². The summed E-state index contributed by atoms with van der Waals surface area (Å²) in [5.74, 6) is 0.121. The molecule has 1 aromatic carbocycles. The molecule has 0 heterocycles. The van der Waals surface area contributed by atoms with Crippen molar-refractivity contribution in [3.05, 3.63) is 22.2 Å². The number of anilines is 1. The highest BCUT2D eigenvalue weighted by Gasteiger charge is 2.25. The number of hydrogen-bond donors (Lipinski definition) is 3. The molecule has 2 atom stereocenters. The number of nitrogen functional groups attached to an aromatic ring is 1. The third-order valence-corrected chi connectivity index (χ3v) is 5.79. The molecule has 2 rings (SSSR count). The van der Waals surface area contributed by atoms with E-state index in [2.05, 4.69) is 4.72 Å². The highest BCUT2D eigenvalue weighted by atomic mass is 35.5. The molecule has 0 radical (unpaired) electrons. The van der Waals surface area contributed by atoms with Gasteiger partial charge in [-0.2, -0.15) is 0 Å². The highest BCUT2D eigenvalue weighted by Crippen LogP contribution is 2.31. The van der Waals surface area contributed by atoms with Crippen molar-refractivity contribution in [2.45, 2.75) is 36.7 Å². The van der Waals surface area contributed by atoms with Crippen LogP contribution in [0.5, 0.6) is 0 Å². The van der Waals surface area contributed by atoms with Gasteiger partial charge in [-0.05, 0) is 37.3 Å². The van der Waals surface area contributed by atoms with Gasteiger partial charge in [0.2, 0.25) is 10.0 Å². The number of rotatable bonds is 4. The first-order chi connectivity index (χ1) is 9.79. The van der Waals surface area contributed by atoms with E-state index in [-0.39, 0.29) is 39.2 Å². The summed E-state index contributed by atoms with van der Waals surface area (Å²) in [6, 6.07) is 2.70. The van der Waals surface area contributed by atoms with Crippen molar-refractivity contribution in [2.24, 2.45) is 5.92 Å². The maximum absolute atomic E-state index is 12.3. The van der Waals surface area contributed by atoms with Crippen molar-refractivity contribution in [1.82, 2.24) is 4.72 Å². The van der Waals surface area contributed by atoms with Crippen LogP contribution in [0, 0.1) is 5.92 Å². The van der Waals surface area contributed by atoms with Crippen LogP contribution in [0.1, 0.15) is 25.7 Å². The Morgan fingerprint density at radius 3 is 2.67 bits per heavy atom. The Morgan fingerprint density at radius 2 is 2.05 bits per heavy atom. The number of nitrogens with two attached hydrogens (primary N) is 1. The monoisotopic (exact) mass is 352 g/mol. The Hall–Kier alpha value is -0.530. The number of benzene rings is 1. The molecule has 2 unspecified atom stereocenters. The van der Waals surface area contributed by atoms with Gasteiger partial charge >= 0.3 is 0 Å². The average molecular weight is 353 g/mol. The molecule has 0 amide bonds. The van der Waals surface area contributed by atoms with Crippen LogP contribution in [-0.2, 0) is 10.0 Å². The third kappa shape index (κ3) is 4.23. The van der Waals surface area contributed by atoms with Crippen molar-refractivity contribution in [3.63, 3.8) is 0 Å². The number of hydrogen-bond acceptors (Lipinski definition) is 4. The van der Waals surface area contributed by atoms with Gasteiger partial charge in [-0.15, -0.1) is 0 Å². The molecule has 8 heteroatoms. The molecule has 0 bridgehead atoms. The molecule has 118 valence electrons. The summed E-state index contributed by atoms with van der Waals surface area (Å²) in [5.41, 5.74) is 5.73. The maximum Gasteiger partial charge on any atom is 0.244 e. The summed E-state index contributed by atoms with van der Waals surface area (Å²) in [5, 5.41) is 9.89. The summed E-state index contributed by atoms with van der Waals surface area (Å²) in [4.78, 5) is -0.148. The lowest BCUT2D eigenvalue weighted by Crippen LogP contribution is -2.33. The molecule has 1 aliphatic carbocycles. The smallest absolute Gasteiger partial charge is 0.244 e. The van der Waals surface area contributed by atoms with E-state index in [9.17, 15) is 13.5 Å². The SMILES string of the molecule is Nc1cc(Cl)cc(Cl)c1S(=O)(=O)NCC1CCCC(O)C1. The van der Waals surface area contributed by atoms with Crippen LogP contribution >= 0.6 is 23.2 Å². The van der Waals surface area contributed by atoms with Gasteiger partial charge < -0.3 is 10.8 Å². The van der Waals surface area contributed by atoms with Gasteiger partial charge in [-0.3, -0.25) is 0 Å². The summed E-state index contributed by atoms with van der Waals surface area (Å²) in [7, 11) is -3.80. The van der Waals surface area contributed by atoms with Crippen LogP contribution in [0.4, 0.5) is 5.69 Å². The zero-order valence-corrected chi connectivity index (χ0v) is 13.7. The molecule has 21 heavy (non-hydrogen) atoms. The third-order valence-electron chi connectivity index (χ3n) is 3.62. The molecular weight excluding hydrogens is 335 g/mol. The largest absolute Gasteiger partial charge is 0.398 e. The Morgan fingerprint density at radius 1 is 1.33 bits per heavy atom. The second kappa shape index (κ2) is 6.71. The topological polar surface area (TPSA) is 92.4 Å². The van der Waals surface area contributed by atoms with Crippen molar-refractivity contribution in [3.8, 4) is 0 Å². The van der Waals surface area contributed by atoms with Crippen LogP contribution in [-0.4, -0.2) is 26.2 Å². The Labute approximate surface area is 134 Å². The fourth-order valence-electron chi connectivity index (χ4n) is 2.61. The molecule has 0 saturated heterocycles. The minimum absolute atomic E-state index is 0.00354. The summed E-state index contributed by atoms with van der Waals surface area (Å²) < 4.78 is 27.2. The van der Waals surface area contributed by atoms with Gasteiger partial charge in [0.15, 0.2) is 0 Å². The first-order valence-corrected chi connectivity index (χ1v) is 8.96. The maximum atomic E-state index is 12.3. The van der Waals surface area contributed by atoms with E-state index in [0.717, 1.165) is 19.3 Å².